The van der Waals surface area contributed by atoms with Crippen LogP contribution in [0.1, 0.15) is 12.8 Å². The Morgan fingerprint density at radius 2 is 1.77 bits per heavy atom. The lowest BCUT2D eigenvalue weighted by molar-refractivity contribution is 0.0231. The molecule has 0 amide bonds. The summed E-state index contributed by atoms with van der Waals surface area (Å²) in [6.45, 7) is 5.28. The molecule has 1 aromatic heterocycles. The third-order valence-electron chi connectivity index (χ3n) is 10.2. The molecule has 4 aliphatic rings. The number of nitrogens with zero attached hydrogens (tertiary/aromatic N) is 4. The van der Waals surface area contributed by atoms with Gasteiger partial charge in [0.2, 0.25) is 0 Å². The maximum atomic E-state index is 17.1. The number of rotatable bonds is 10. The van der Waals surface area contributed by atoms with Crippen LogP contribution in [0.25, 0.3) is 32.8 Å². The van der Waals surface area contributed by atoms with Gasteiger partial charge in [0, 0.05) is 56.2 Å². The van der Waals surface area contributed by atoms with Crippen molar-refractivity contribution in [3.05, 3.63) is 53.3 Å². The smallest absolute Gasteiger partial charge is 0.319 e. The van der Waals surface area contributed by atoms with E-state index in [1.54, 1.807) is 12.1 Å². The lowest BCUT2D eigenvalue weighted by atomic mass is 9.96. The van der Waals surface area contributed by atoms with Crippen LogP contribution >= 0.6 is 11.6 Å². The molecule has 8 rings (SSSR count). The van der Waals surface area contributed by atoms with Gasteiger partial charge < -0.3 is 39.4 Å². The highest BCUT2D eigenvalue weighted by Gasteiger charge is 2.47. The number of morpholine rings is 1. The molecular formula is C35H39ClFN5O6. The lowest BCUT2D eigenvalue weighted by Gasteiger charge is -2.34. The Morgan fingerprint density at radius 3 is 2.50 bits per heavy atom. The second-order valence-electron chi connectivity index (χ2n) is 13.5. The highest BCUT2D eigenvalue weighted by Crippen LogP contribution is 2.47. The fourth-order valence-electron chi connectivity index (χ4n) is 7.38. The molecule has 3 N–H and O–H groups in total. The van der Waals surface area contributed by atoms with Gasteiger partial charge in [-0.25, -0.2) is 4.39 Å². The number of aliphatic hydroxyl groups excluding tert-OH is 2. The van der Waals surface area contributed by atoms with E-state index in [1.165, 1.54) is 7.11 Å². The predicted molar refractivity (Wildman–Crippen MR) is 179 cm³/mol. The molecule has 48 heavy (non-hydrogen) atoms. The molecular weight excluding hydrogens is 641 g/mol. The molecule has 3 aliphatic heterocycles. The number of hydrogen-bond acceptors (Lipinski definition) is 11. The summed E-state index contributed by atoms with van der Waals surface area (Å²) in [5.41, 5.74) is 0.812. The number of hydrogen-bond donors (Lipinski definition) is 3. The van der Waals surface area contributed by atoms with Crippen molar-refractivity contribution in [1.29, 1.82) is 0 Å². The van der Waals surface area contributed by atoms with E-state index >= 15 is 4.39 Å². The molecule has 13 heteroatoms. The Bertz CT molecular complexity index is 1820. The number of piperazine rings is 1. The molecule has 3 aromatic carbocycles. The van der Waals surface area contributed by atoms with Gasteiger partial charge >= 0.3 is 6.01 Å². The van der Waals surface area contributed by atoms with Crippen molar-refractivity contribution in [2.45, 2.75) is 37.1 Å². The minimum atomic E-state index is -0.924. The number of ether oxygens (including phenoxy) is 4. The van der Waals surface area contributed by atoms with E-state index in [1.807, 2.05) is 35.2 Å². The molecule has 4 aromatic rings. The molecule has 2 bridgehead atoms. The average molecular weight is 680 g/mol. The number of benzene rings is 3. The van der Waals surface area contributed by atoms with E-state index in [4.69, 9.17) is 35.5 Å². The van der Waals surface area contributed by atoms with Gasteiger partial charge in [-0.2, -0.15) is 9.97 Å². The monoisotopic (exact) mass is 679 g/mol. The third-order valence-corrected chi connectivity index (χ3v) is 10.5. The molecule has 4 heterocycles. The maximum Gasteiger partial charge on any atom is 0.319 e. The van der Waals surface area contributed by atoms with E-state index in [0.29, 0.717) is 42.2 Å². The molecule has 0 radical (unpaired) electrons. The van der Waals surface area contributed by atoms with Crippen molar-refractivity contribution in [2.24, 2.45) is 5.41 Å². The average Bonchev–Trinajstić information content (AvgIpc) is 3.84. The maximum absolute atomic E-state index is 17.1. The highest BCUT2D eigenvalue weighted by molar-refractivity contribution is 6.35. The van der Waals surface area contributed by atoms with Crippen LogP contribution in [-0.4, -0.2) is 116 Å². The standard InChI is InChI=1S/C35H39ClFN5O6/c1-45-19-48-21-12-20-4-2-3-5-22(20)23(13-21)28-25(36)14-24-30(29(28)37)39-34(47-18-35(6-7-35)17-41-8-10-46-11-9-41)40-33(24)42-15-26-31(43)32(44)27(16-42)38-26/h2-5,12-14,26-27,31-32,38,43-44H,6-11,15-19H2,1H3. The van der Waals surface area contributed by atoms with Crippen LogP contribution in [0.4, 0.5) is 10.2 Å². The zero-order valence-corrected chi connectivity index (χ0v) is 27.5. The molecule has 4 fully saturated rings. The Morgan fingerprint density at radius 1 is 1.02 bits per heavy atom. The zero-order valence-electron chi connectivity index (χ0n) is 26.7. The fourth-order valence-corrected chi connectivity index (χ4v) is 7.67. The minimum Gasteiger partial charge on any atom is -0.468 e. The molecule has 1 saturated carbocycles. The number of methoxy groups -OCH3 is 1. The molecule has 4 unspecified atom stereocenters. The number of fused-ring (bicyclic) bond motifs is 4. The van der Waals surface area contributed by atoms with Crippen molar-refractivity contribution >= 4 is 39.1 Å². The Labute approximate surface area is 282 Å². The Hall–Kier alpha value is -3.36. The van der Waals surface area contributed by atoms with Crippen molar-refractivity contribution < 1.29 is 33.6 Å². The van der Waals surface area contributed by atoms with Crippen molar-refractivity contribution in [2.75, 3.05) is 71.3 Å². The zero-order chi connectivity index (χ0) is 33.0. The van der Waals surface area contributed by atoms with Crippen LogP contribution in [0.15, 0.2) is 42.5 Å². The topological polar surface area (TPSA) is 122 Å². The summed E-state index contributed by atoms with van der Waals surface area (Å²) < 4.78 is 39.9. The van der Waals surface area contributed by atoms with E-state index in [2.05, 4.69) is 15.2 Å². The first kappa shape index (κ1) is 31.9. The molecule has 254 valence electrons. The minimum absolute atomic E-state index is 0.0105. The predicted octanol–water partition coefficient (Wildman–Crippen LogP) is 3.60. The number of halogens is 2. The fraction of sp³-hybridized carbons (Fsp3) is 0.486. The number of aromatic nitrogens is 2. The molecule has 3 saturated heterocycles. The summed E-state index contributed by atoms with van der Waals surface area (Å²) in [6.07, 6.45) is 0.215. The van der Waals surface area contributed by atoms with Crippen molar-refractivity contribution in [3.8, 4) is 22.9 Å². The second kappa shape index (κ2) is 12.8. The summed E-state index contributed by atoms with van der Waals surface area (Å²) >= 11 is 6.97. The van der Waals surface area contributed by atoms with Crippen LogP contribution < -0.4 is 19.7 Å². The van der Waals surface area contributed by atoms with Gasteiger partial charge in [-0.1, -0.05) is 35.9 Å². The first-order valence-electron chi connectivity index (χ1n) is 16.5. The largest absolute Gasteiger partial charge is 0.468 e. The van der Waals surface area contributed by atoms with Crippen LogP contribution in [0.2, 0.25) is 5.02 Å². The highest BCUT2D eigenvalue weighted by atomic mass is 35.5. The second-order valence-corrected chi connectivity index (χ2v) is 13.9. The van der Waals surface area contributed by atoms with E-state index in [0.717, 1.165) is 56.5 Å². The van der Waals surface area contributed by atoms with Gasteiger partial charge in [0.05, 0.1) is 49.1 Å². The summed E-state index contributed by atoms with van der Waals surface area (Å²) in [5, 5.41) is 26.8. The molecule has 4 atom stereocenters. The summed E-state index contributed by atoms with van der Waals surface area (Å²) in [4.78, 5) is 13.9. The van der Waals surface area contributed by atoms with Gasteiger partial charge in [0.25, 0.3) is 0 Å². The number of nitrogens with one attached hydrogen (secondary N) is 1. The lowest BCUT2D eigenvalue weighted by Crippen LogP contribution is -2.53. The third kappa shape index (κ3) is 5.93. The van der Waals surface area contributed by atoms with Gasteiger partial charge in [-0.05, 0) is 47.4 Å². The summed E-state index contributed by atoms with van der Waals surface area (Å²) in [7, 11) is 1.54. The first-order chi connectivity index (χ1) is 23.3. The van der Waals surface area contributed by atoms with E-state index in [9.17, 15) is 10.2 Å². The van der Waals surface area contributed by atoms with Crippen molar-refractivity contribution in [3.63, 3.8) is 0 Å². The molecule has 0 spiro atoms. The number of aliphatic hydroxyl groups is 2. The first-order valence-corrected chi connectivity index (χ1v) is 16.8. The summed E-state index contributed by atoms with van der Waals surface area (Å²) in [6, 6.07) is 12.3. The molecule has 1 aliphatic carbocycles. The van der Waals surface area contributed by atoms with Crippen LogP contribution in [0.5, 0.6) is 11.8 Å². The van der Waals surface area contributed by atoms with E-state index in [-0.39, 0.29) is 46.4 Å². The quantitative estimate of drug-likeness (QED) is 0.213. The summed E-state index contributed by atoms with van der Waals surface area (Å²) in [5.74, 6) is 0.352. The van der Waals surface area contributed by atoms with Crippen LogP contribution in [-0.2, 0) is 9.47 Å². The van der Waals surface area contributed by atoms with Gasteiger partial charge in [-0.3, -0.25) is 4.90 Å². The Balaban J connectivity index is 1.22. The van der Waals surface area contributed by atoms with Gasteiger partial charge in [0.15, 0.2) is 12.6 Å². The van der Waals surface area contributed by atoms with Crippen LogP contribution in [0.3, 0.4) is 0 Å². The number of anilines is 1. The normalized spacial score (nSPS) is 25.1. The Kier molecular flexibility index (Phi) is 8.52. The van der Waals surface area contributed by atoms with Crippen LogP contribution in [0, 0.1) is 11.2 Å². The SMILES string of the molecule is COCOc1cc(-c2c(Cl)cc3c(N4CC5NC(C4)C(O)C5O)nc(OCC4(CN5CCOCC5)CC4)nc3c2F)c2ccccc2c1. The van der Waals surface area contributed by atoms with Gasteiger partial charge in [0.1, 0.15) is 17.1 Å². The molecule has 11 nitrogen and oxygen atoms in total. The van der Waals surface area contributed by atoms with Crippen molar-refractivity contribution in [1.82, 2.24) is 20.2 Å². The van der Waals surface area contributed by atoms with E-state index < -0.39 is 18.0 Å². The van der Waals surface area contributed by atoms with Gasteiger partial charge in [-0.15, -0.1) is 0 Å².